The van der Waals surface area contributed by atoms with E-state index >= 15 is 0 Å². The van der Waals surface area contributed by atoms with Gasteiger partial charge in [-0.3, -0.25) is 9.48 Å². The van der Waals surface area contributed by atoms with Gasteiger partial charge in [0.1, 0.15) is 5.82 Å². The van der Waals surface area contributed by atoms with E-state index < -0.39 is 0 Å². The van der Waals surface area contributed by atoms with Gasteiger partial charge in [0.2, 0.25) is 5.91 Å². The summed E-state index contributed by atoms with van der Waals surface area (Å²) < 4.78 is 17.3. The number of rotatable bonds is 5. The number of nitrogens with zero attached hydrogens (tertiary/aromatic N) is 4. The van der Waals surface area contributed by atoms with Gasteiger partial charge in [-0.25, -0.2) is 9.07 Å². The van der Waals surface area contributed by atoms with Crippen molar-refractivity contribution in [1.82, 2.24) is 24.9 Å². The van der Waals surface area contributed by atoms with Gasteiger partial charge in [-0.2, -0.15) is 10.2 Å². The lowest BCUT2D eigenvalue weighted by atomic mass is 9.74. The zero-order valence-corrected chi connectivity index (χ0v) is 17.0. The van der Waals surface area contributed by atoms with Crippen LogP contribution in [-0.2, 0) is 17.8 Å². The minimum atomic E-state index is -0.291. The van der Waals surface area contributed by atoms with Crippen LogP contribution >= 0.6 is 0 Å². The van der Waals surface area contributed by atoms with Crippen molar-refractivity contribution in [3.05, 3.63) is 65.5 Å². The monoisotopic (exact) mass is 395 g/mol. The summed E-state index contributed by atoms with van der Waals surface area (Å²) in [6.07, 6.45) is 5.70. The molecule has 0 fully saturated rings. The summed E-state index contributed by atoms with van der Waals surface area (Å²) in [5.74, 6) is -0.300. The standard InChI is InChI=1S/C22H26FN5O/c1-15-7-9-27(26-15)10-8-21(29)25-19-12-22(2,3)13-20-18(19)14-24-28(20)17-6-4-5-16(23)11-17/h4-7,9,11,14,19H,8,10,12-13H2,1-3H3,(H,25,29). The predicted molar refractivity (Wildman–Crippen MR) is 108 cm³/mol. The van der Waals surface area contributed by atoms with Crippen molar-refractivity contribution in [1.29, 1.82) is 0 Å². The minimum absolute atomic E-state index is 0.00481. The molecular weight excluding hydrogens is 369 g/mol. The van der Waals surface area contributed by atoms with E-state index in [1.54, 1.807) is 21.6 Å². The van der Waals surface area contributed by atoms with Crippen LogP contribution < -0.4 is 5.32 Å². The molecule has 2 aromatic heterocycles. The third kappa shape index (κ3) is 4.23. The predicted octanol–water partition coefficient (Wildman–Crippen LogP) is 3.74. The minimum Gasteiger partial charge on any atom is -0.349 e. The Morgan fingerprint density at radius 3 is 2.90 bits per heavy atom. The highest BCUT2D eigenvalue weighted by Crippen LogP contribution is 2.41. The summed E-state index contributed by atoms with van der Waals surface area (Å²) in [5, 5.41) is 12.0. The number of amides is 1. The van der Waals surface area contributed by atoms with E-state index in [1.165, 1.54) is 12.1 Å². The molecule has 7 heteroatoms. The van der Waals surface area contributed by atoms with Crippen molar-refractivity contribution >= 4 is 5.91 Å². The Morgan fingerprint density at radius 1 is 1.34 bits per heavy atom. The fraction of sp³-hybridized carbons (Fsp3) is 0.409. The van der Waals surface area contributed by atoms with Gasteiger partial charge in [0.25, 0.3) is 0 Å². The van der Waals surface area contributed by atoms with Gasteiger partial charge in [-0.1, -0.05) is 19.9 Å². The Hall–Kier alpha value is -2.96. The molecule has 1 amide bonds. The number of hydrogen-bond acceptors (Lipinski definition) is 3. The first-order valence-corrected chi connectivity index (χ1v) is 9.93. The average molecular weight is 395 g/mol. The van der Waals surface area contributed by atoms with Crippen LogP contribution in [0.3, 0.4) is 0 Å². The molecule has 2 heterocycles. The third-order valence-corrected chi connectivity index (χ3v) is 5.41. The molecule has 0 saturated carbocycles. The zero-order chi connectivity index (χ0) is 20.6. The fourth-order valence-electron chi connectivity index (χ4n) is 4.07. The molecule has 0 aliphatic heterocycles. The molecule has 0 saturated heterocycles. The number of benzene rings is 1. The molecule has 6 nitrogen and oxygen atoms in total. The fourth-order valence-corrected chi connectivity index (χ4v) is 4.07. The van der Waals surface area contributed by atoms with Gasteiger partial charge in [0.15, 0.2) is 0 Å². The maximum atomic E-state index is 13.7. The maximum Gasteiger partial charge on any atom is 0.222 e. The van der Waals surface area contributed by atoms with Crippen LogP contribution in [0.15, 0.2) is 42.7 Å². The van der Waals surface area contributed by atoms with Crippen molar-refractivity contribution in [2.75, 3.05) is 0 Å². The first-order valence-electron chi connectivity index (χ1n) is 9.93. The van der Waals surface area contributed by atoms with Crippen LogP contribution in [0.4, 0.5) is 4.39 Å². The van der Waals surface area contributed by atoms with E-state index in [0.717, 1.165) is 29.8 Å². The Labute approximate surface area is 169 Å². The Kier molecular flexibility index (Phi) is 4.98. The summed E-state index contributed by atoms with van der Waals surface area (Å²) in [5.41, 5.74) is 3.67. The molecule has 4 rings (SSSR count). The van der Waals surface area contributed by atoms with E-state index in [9.17, 15) is 9.18 Å². The smallest absolute Gasteiger partial charge is 0.222 e. The molecule has 152 valence electrons. The van der Waals surface area contributed by atoms with Crippen molar-refractivity contribution in [3.63, 3.8) is 0 Å². The number of carbonyl (C=O) groups excluding carboxylic acids is 1. The van der Waals surface area contributed by atoms with Gasteiger partial charge >= 0.3 is 0 Å². The van der Waals surface area contributed by atoms with Crippen LogP contribution in [0.2, 0.25) is 0 Å². The van der Waals surface area contributed by atoms with E-state index in [4.69, 9.17) is 0 Å². The Balaban J connectivity index is 1.54. The summed E-state index contributed by atoms with van der Waals surface area (Å²) in [7, 11) is 0. The second kappa shape index (κ2) is 7.46. The number of aryl methyl sites for hydroxylation is 2. The van der Waals surface area contributed by atoms with Crippen molar-refractivity contribution in [2.45, 2.75) is 52.6 Å². The lowest BCUT2D eigenvalue weighted by Gasteiger charge is -2.36. The number of fused-ring (bicyclic) bond motifs is 1. The Morgan fingerprint density at radius 2 is 2.17 bits per heavy atom. The van der Waals surface area contributed by atoms with E-state index in [-0.39, 0.29) is 23.2 Å². The van der Waals surface area contributed by atoms with Crippen LogP contribution in [0.1, 0.15) is 49.7 Å². The number of nitrogens with one attached hydrogen (secondary N) is 1. The van der Waals surface area contributed by atoms with Gasteiger partial charge < -0.3 is 5.32 Å². The Bertz CT molecular complexity index is 1040. The maximum absolute atomic E-state index is 13.7. The molecule has 1 N–H and O–H groups in total. The van der Waals surface area contributed by atoms with Crippen LogP contribution in [0.5, 0.6) is 0 Å². The first kappa shape index (κ1) is 19.4. The molecule has 1 unspecified atom stereocenters. The van der Waals surface area contributed by atoms with E-state index in [2.05, 4.69) is 29.4 Å². The van der Waals surface area contributed by atoms with Gasteiger partial charge in [-0.15, -0.1) is 0 Å². The van der Waals surface area contributed by atoms with Crippen LogP contribution in [0.25, 0.3) is 5.69 Å². The molecule has 3 aromatic rings. The number of aromatic nitrogens is 4. The van der Waals surface area contributed by atoms with Crippen molar-refractivity contribution in [2.24, 2.45) is 5.41 Å². The lowest BCUT2D eigenvalue weighted by molar-refractivity contribution is -0.122. The van der Waals surface area contributed by atoms with Crippen LogP contribution in [0, 0.1) is 18.2 Å². The summed E-state index contributed by atoms with van der Waals surface area (Å²) in [4.78, 5) is 12.6. The summed E-state index contributed by atoms with van der Waals surface area (Å²) >= 11 is 0. The van der Waals surface area contributed by atoms with E-state index in [1.807, 2.05) is 25.3 Å². The van der Waals surface area contributed by atoms with Gasteiger partial charge in [0, 0.05) is 24.7 Å². The largest absolute Gasteiger partial charge is 0.349 e. The molecule has 0 bridgehead atoms. The molecule has 1 aromatic carbocycles. The number of halogens is 1. The normalized spacial score (nSPS) is 17.7. The highest BCUT2D eigenvalue weighted by molar-refractivity contribution is 5.76. The topological polar surface area (TPSA) is 64.7 Å². The highest BCUT2D eigenvalue weighted by atomic mass is 19.1. The summed E-state index contributed by atoms with van der Waals surface area (Å²) in [6.45, 7) is 6.85. The lowest BCUT2D eigenvalue weighted by Crippen LogP contribution is -2.37. The van der Waals surface area contributed by atoms with Crippen LogP contribution in [-0.4, -0.2) is 25.5 Å². The quantitative estimate of drug-likeness (QED) is 0.716. The van der Waals surface area contributed by atoms with Crippen molar-refractivity contribution < 1.29 is 9.18 Å². The summed E-state index contributed by atoms with van der Waals surface area (Å²) in [6, 6.07) is 8.25. The first-order chi connectivity index (χ1) is 13.8. The molecule has 1 aliphatic carbocycles. The zero-order valence-electron chi connectivity index (χ0n) is 17.0. The van der Waals surface area contributed by atoms with Crippen molar-refractivity contribution in [3.8, 4) is 5.69 Å². The molecule has 1 atom stereocenters. The average Bonchev–Trinajstić information content (AvgIpc) is 3.25. The highest BCUT2D eigenvalue weighted by Gasteiger charge is 2.36. The van der Waals surface area contributed by atoms with Gasteiger partial charge in [-0.05, 0) is 49.4 Å². The molecule has 1 aliphatic rings. The second-order valence-electron chi connectivity index (χ2n) is 8.57. The number of carbonyl (C=O) groups is 1. The molecular formula is C22H26FN5O. The SMILES string of the molecule is Cc1ccn(CCC(=O)NC2CC(C)(C)Cc3c2cnn3-c2cccc(F)c2)n1. The molecule has 29 heavy (non-hydrogen) atoms. The second-order valence-corrected chi connectivity index (χ2v) is 8.57. The molecule has 0 spiro atoms. The third-order valence-electron chi connectivity index (χ3n) is 5.41. The molecule has 0 radical (unpaired) electrons. The van der Waals surface area contributed by atoms with E-state index in [0.29, 0.717) is 18.7 Å². The van der Waals surface area contributed by atoms with Gasteiger partial charge in [0.05, 0.1) is 29.3 Å². The number of hydrogen-bond donors (Lipinski definition) is 1.